The van der Waals surface area contributed by atoms with E-state index in [1.165, 1.54) is 17.0 Å². The van der Waals surface area contributed by atoms with Crippen LogP contribution in [0.5, 0.6) is 0 Å². The van der Waals surface area contributed by atoms with Gasteiger partial charge in [0.05, 0.1) is 6.54 Å². The van der Waals surface area contributed by atoms with E-state index < -0.39 is 0 Å². The minimum Gasteiger partial charge on any atom is -0.439 e. The summed E-state index contributed by atoms with van der Waals surface area (Å²) in [7, 11) is 3.42. The lowest BCUT2D eigenvalue weighted by atomic mass is 10.2. The molecule has 168 valence electrons. The number of hydrogen-bond acceptors (Lipinski definition) is 5. The van der Waals surface area contributed by atoms with E-state index in [0.717, 1.165) is 5.56 Å². The van der Waals surface area contributed by atoms with E-state index in [2.05, 4.69) is 15.2 Å². The molecule has 2 aromatic carbocycles. The zero-order valence-electron chi connectivity index (χ0n) is 18.2. The number of rotatable bonds is 5. The Morgan fingerprint density at radius 3 is 2.50 bits per heavy atom. The smallest absolute Gasteiger partial charge is 0.317 e. The number of benzene rings is 2. The van der Waals surface area contributed by atoms with Crippen LogP contribution >= 0.6 is 0 Å². The van der Waals surface area contributed by atoms with E-state index in [-0.39, 0.29) is 17.8 Å². The Balaban J connectivity index is 1.28. The van der Waals surface area contributed by atoms with E-state index >= 15 is 0 Å². The van der Waals surface area contributed by atoms with Crippen LogP contribution in [0.3, 0.4) is 0 Å². The van der Waals surface area contributed by atoms with Crippen LogP contribution in [0.15, 0.2) is 46.9 Å². The van der Waals surface area contributed by atoms with Gasteiger partial charge in [0.15, 0.2) is 5.58 Å². The number of oxazole rings is 1. The van der Waals surface area contributed by atoms with Gasteiger partial charge >= 0.3 is 6.03 Å². The van der Waals surface area contributed by atoms with Gasteiger partial charge in [-0.05, 0) is 35.9 Å². The second kappa shape index (κ2) is 9.35. The minimum atomic E-state index is -0.294. The first-order valence-electron chi connectivity index (χ1n) is 10.5. The van der Waals surface area contributed by atoms with E-state index in [0.29, 0.717) is 61.8 Å². The van der Waals surface area contributed by atoms with E-state index in [4.69, 9.17) is 4.42 Å². The van der Waals surface area contributed by atoms with E-state index in [1.54, 1.807) is 49.3 Å². The Hall–Kier alpha value is -3.46. The minimum absolute atomic E-state index is 0.0784. The van der Waals surface area contributed by atoms with Crippen LogP contribution in [0.1, 0.15) is 21.8 Å². The highest BCUT2D eigenvalue weighted by molar-refractivity contribution is 5.96. The molecule has 32 heavy (non-hydrogen) atoms. The molecule has 0 atom stereocenters. The molecule has 4 rings (SSSR count). The van der Waals surface area contributed by atoms with Crippen LogP contribution in [0.25, 0.3) is 11.1 Å². The molecule has 0 radical (unpaired) electrons. The van der Waals surface area contributed by atoms with Gasteiger partial charge in [0, 0.05) is 52.4 Å². The van der Waals surface area contributed by atoms with Crippen molar-refractivity contribution in [1.29, 1.82) is 0 Å². The third kappa shape index (κ3) is 5.05. The average molecular weight is 439 g/mol. The van der Waals surface area contributed by atoms with Crippen molar-refractivity contribution < 1.29 is 18.4 Å². The number of carbonyl (C=O) groups excluding carboxylic acids is 2. The molecule has 1 saturated heterocycles. The van der Waals surface area contributed by atoms with Crippen molar-refractivity contribution in [2.45, 2.75) is 13.1 Å². The predicted octanol–water partition coefficient (Wildman–Crippen LogP) is 2.70. The molecule has 8 nitrogen and oxygen atoms in total. The van der Waals surface area contributed by atoms with Gasteiger partial charge in [-0.25, -0.2) is 14.2 Å². The number of fused-ring (bicyclic) bond motifs is 1. The number of hydrogen-bond donors (Lipinski definition) is 1. The highest BCUT2D eigenvalue weighted by Gasteiger charge is 2.22. The summed E-state index contributed by atoms with van der Waals surface area (Å²) in [5, 5.41) is 2.88. The van der Waals surface area contributed by atoms with E-state index in [1.807, 2.05) is 0 Å². The number of aromatic nitrogens is 1. The SMILES string of the molecule is CN(C)C(=O)c1ccc2oc(CN3CCN(C(=O)NCc4ccc(F)cc4)CC3)nc2c1. The molecular formula is C23H26FN5O3. The fourth-order valence-corrected chi connectivity index (χ4v) is 3.63. The Morgan fingerprint density at radius 2 is 1.81 bits per heavy atom. The largest absolute Gasteiger partial charge is 0.439 e. The van der Waals surface area contributed by atoms with Gasteiger partial charge in [-0.2, -0.15) is 0 Å². The standard InChI is InChI=1S/C23H26FN5O3/c1-27(2)22(30)17-5-8-20-19(13-17)26-21(32-20)15-28-9-11-29(12-10-28)23(31)25-14-16-3-6-18(24)7-4-16/h3-8,13H,9-12,14-15H2,1-2H3,(H,25,31). The van der Waals surface area contributed by atoms with Gasteiger partial charge in [0.25, 0.3) is 5.91 Å². The summed E-state index contributed by atoms with van der Waals surface area (Å²) < 4.78 is 18.8. The molecule has 3 amide bonds. The maximum atomic E-state index is 13.0. The lowest BCUT2D eigenvalue weighted by Gasteiger charge is -2.34. The molecule has 0 saturated carbocycles. The third-order valence-electron chi connectivity index (χ3n) is 5.46. The highest BCUT2D eigenvalue weighted by atomic mass is 19.1. The summed E-state index contributed by atoms with van der Waals surface area (Å²) in [6.45, 7) is 3.49. The van der Waals surface area contributed by atoms with Gasteiger partial charge in [0.2, 0.25) is 5.89 Å². The molecule has 1 aromatic heterocycles. The van der Waals surface area contributed by atoms with Crippen molar-refractivity contribution in [2.75, 3.05) is 40.3 Å². The van der Waals surface area contributed by atoms with Crippen molar-refractivity contribution in [3.05, 3.63) is 65.3 Å². The summed E-state index contributed by atoms with van der Waals surface area (Å²) in [6, 6.07) is 11.2. The topological polar surface area (TPSA) is 81.9 Å². The van der Waals surface area contributed by atoms with Crippen LogP contribution < -0.4 is 5.32 Å². The van der Waals surface area contributed by atoms with Crippen molar-refractivity contribution in [3.63, 3.8) is 0 Å². The van der Waals surface area contributed by atoms with Crippen molar-refractivity contribution in [3.8, 4) is 0 Å². The van der Waals surface area contributed by atoms with Gasteiger partial charge < -0.3 is 19.5 Å². The van der Waals surface area contributed by atoms with E-state index in [9.17, 15) is 14.0 Å². The molecule has 1 aliphatic heterocycles. The van der Waals surface area contributed by atoms with Gasteiger partial charge in [-0.15, -0.1) is 0 Å². The van der Waals surface area contributed by atoms with Crippen LogP contribution in [-0.4, -0.2) is 71.9 Å². The number of carbonyl (C=O) groups is 2. The van der Waals surface area contributed by atoms with Crippen LogP contribution in [0.2, 0.25) is 0 Å². The maximum absolute atomic E-state index is 13.0. The number of piperazine rings is 1. The Kier molecular flexibility index (Phi) is 6.36. The van der Waals surface area contributed by atoms with Crippen molar-refractivity contribution in [2.24, 2.45) is 0 Å². The van der Waals surface area contributed by atoms with Crippen LogP contribution in [-0.2, 0) is 13.1 Å². The Morgan fingerprint density at radius 1 is 1.09 bits per heavy atom. The fraction of sp³-hybridized carbons (Fsp3) is 0.348. The molecule has 3 aromatic rings. The first-order chi connectivity index (χ1) is 15.4. The lowest BCUT2D eigenvalue weighted by Crippen LogP contribution is -2.51. The quantitative estimate of drug-likeness (QED) is 0.661. The van der Waals surface area contributed by atoms with Crippen LogP contribution in [0, 0.1) is 5.82 Å². The monoisotopic (exact) mass is 439 g/mol. The van der Waals surface area contributed by atoms with Crippen molar-refractivity contribution >= 4 is 23.0 Å². The number of nitrogens with one attached hydrogen (secondary N) is 1. The predicted molar refractivity (Wildman–Crippen MR) is 118 cm³/mol. The zero-order chi connectivity index (χ0) is 22.7. The van der Waals surface area contributed by atoms with Gasteiger partial charge in [0.1, 0.15) is 11.3 Å². The number of halogens is 1. The summed E-state index contributed by atoms with van der Waals surface area (Å²) >= 11 is 0. The zero-order valence-corrected chi connectivity index (χ0v) is 18.2. The molecule has 0 aliphatic carbocycles. The number of nitrogens with zero attached hydrogens (tertiary/aromatic N) is 4. The Labute approximate surface area is 185 Å². The molecule has 0 unspecified atom stereocenters. The summed E-state index contributed by atoms with van der Waals surface area (Å²) in [4.78, 5) is 34.6. The first kappa shape index (κ1) is 21.8. The number of amides is 3. The third-order valence-corrected chi connectivity index (χ3v) is 5.46. The molecule has 0 bridgehead atoms. The lowest BCUT2D eigenvalue weighted by molar-refractivity contribution is 0.0827. The fourth-order valence-electron chi connectivity index (χ4n) is 3.63. The molecule has 0 spiro atoms. The molecular weight excluding hydrogens is 413 g/mol. The normalized spacial score (nSPS) is 14.5. The van der Waals surface area contributed by atoms with Crippen LogP contribution in [0.4, 0.5) is 9.18 Å². The second-order valence-electron chi connectivity index (χ2n) is 8.04. The summed E-state index contributed by atoms with van der Waals surface area (Å²) in [5.74, 6) is 0.214. The number of urea groups is 1. The highest BCUT2D eigenvalue weighted by Crippen LogP contribution is 2.19. The molecule has 9 heteroatoms. The van der Waals surface area contributed by atoms with Crippen molar-refractivity contribution in [1.82, 2.24) is 25.0 Å². The molecule has 1 N–H and O–H groups in total. The van der Waals surface area contributed by atoms with Gasteiger partial charge in [-0.1, -0.05) is 12.1 Å². The summed E-state index contributed by atoms with van der Waals surface area (Å²) in [5.41, 5.74) is 2.73. The molecule has 2 heterocycles. The Bertz CT molecular complexity index is 1100. The summed E-state index contributed by atoms with van der Waals surface area (Å²) in [6.07, 6.45) is 0. The molecule has 1 fully saturated rings. The average Bonchev–Trinajstić information content (AvgIpc) is 3.19. The first-order valence-corrected chi connectivity index (χ1v) is 10.5. The molecule has 1 aliphatic rings. The second-order valence-corrected chi connectivity index (χ2v) is 8.04. The van der Waals surface area contributed by atoms with Gasteiger partial charge in [-0.3, -0.25) is 9.69 Å². The maximum Gasteiger partial charge on any atom is 0.317 e.